The van der Waals surface area contributed by atoms with Crippen molar-refractivity contribution in [1.82, 2.24) is 4.90 Å². The summed E-state index contributed by atoms with van der Waals surface area (Å²) in [6.45, 7) is 8.23. The maximum atomic E-state index is 11.2. The summed E-state index contributed by atoms with van der Waals surface area (Å²) in [6.07, 6.45) is 0.0781. The highest BCUT2D eigenvalue weighted by Crippen LogP contribution is 2.33. The van der Waals surface area contributed by atoms with Crippen LogP contribution in [0.2, 0.25) is 0 Å². The van der Waals surface area contributed by atoms with Crippen LogP contribution in [0.25, 0.3) is 0 Å². The minimum absolute atomic E-state index is 0.00600. The number of nitrogens with two attached hydrogens (primary N) is 1. The number of amides is 1. The summed E-state index contributed by atoms with van der Waals surface area (Å²) in [5.74, 6) is -0.286. The van der Waals surface area contributed by atoms with E-state index in [2.05, 4.69) is 37.8 Å². The first-order valence-electron chi connectivity index (χ1n) is 7.07. The van der Waals surface area contributed by atoms with Crippen LogP contribution in [0.5, 0.6) is 0 Å². The Morgan fingerprint density at radius 1 is 1.30 bits per heavy atom. The number of nitrogens with zero attached hydrogens (tertiary/aromatic N) is 1. The number of morpholine rings is 1. The van der Waals surface area contributed by atoms with E-state index in [-0.39, 0.29) is 23.5 Å². The highest BCUT2D eigenvalue weighted by atomic mass is 16.5. The standard InChI is InChI=1S/C16H24N2O2/c1-16(2,3)14-10-18(11-15(17)19)9-13(20-14)12-7-5-4-6-8-12/h4-8,13-14H,9-11H2,1-3H3,(H2,17,19)/t13-,14+/m0/s1. The summed E-state index contributed by atoms with van der Waals surface area (Å²) < 4.78 is 6.25. The van der Waals surface area contributed by atoms with E-state index in [0.717, 1.165) is 12.1 Å². The van der Waals surface area contributed by atoms with E-state index in [0.29, 0.717) is 13.1 Å². The second kappa shape index (κ2) is 5.94. The summed E-state index contributed by atoms with van der Waals surface area (Å²) in [6, 6.07) is 10.2. The van der Waals surface area contributed by atoms with Gasteiger partial charge >= 0.3 is 0 Å². The molecule has 0 unspecified atom stereocenters. The molecule has 1 saturated heterocycles. The lowest BCUT2D eigenvalue weighted by atomic mass is 9.87. The van der Waals surface area contributed by atoms with Crippen LogP contribution in [0.3, 0.4) is 0 Å². The van der Waals surface area contributed by atoms with Crippen molar-refractivity contribution in [2.24, 2.45) is 11.1 Å². The molecule has 0 aromatic heterocycles. The molecular weight excluding hydrogens is 252 g/mol. The highest BCUT2D eigenvalue weighted by Gasteiger charge is 2.35. The lowest BCUT2D eigenvalue weighted by Gasteiger charge is -2.43. The molecule has 0 saturated carbocycles. The number of rotatable bonds is 3. The minimum atomic E-state index is -0.286. The van der Waals surface area contributed by atoms with Gasteiger partial charge in [-0.2, -0.15) is 0 Å². The zero-order valence-corrected chi connectivity index (χ0v) is 12.5. The average Bonchev–Trinajstić information content (AvgIpc) is 2.37. The van der Waals surface area contributed by atoms with E-state index in [1.165, 1.54) is 0 Å². The van der Waals surface area contributed by atoms with Gasteiger partial charge in [0.05, 0.1) is 18.8 Å². The number of carbonyl (C=O) groups is 1. The molecule has 2 rings (SSSR count). The van der Waals surface area contributed by atoms with Crippen molar-refractivity contribution < 1.29 is 9.53 Å². The van der Waals surface area contributed by atoms with Crippen molar-refractivity contribution in [3.63, 3.8) is 0 Å². The van der Waals surface area contributed by atoms with Gasteiger partial charge in [0.2, 0.25) is 5.91 Å². The van der Waals surface area contributed by atoms with Crippen LogP contribution in [-0.2, 0) is 9.53 Å². The number of hydrogen-bond acceptors (Lipinski definition) is 3. The van der Waals surface area contributed by atoms with Crippen LogP contribution in [0.4, 0.5) is 0 Å². The molecule has 1 heterocycles. The fourth-order valence-electron chi connectivity index (χ4n) is 2.51. The van der Waals surface area contributed by atoms with Crippen molar-refractivity contribution in [1.29, 1.82) is 0 Å². The van der Waals surface area contributed by atoms with Crippen molar-refractivity contribution in [2.75, 3.05) is 19.6 Å². The molecular formula is C16H24N2O2. The molecule has 110 valence electrons. The smallest absolute Gasteiger partial charge is 0.231 e. The number of primary amides is 1. The van der Waals surface area contributed by atoms with Crippen molar-refractivity contribution >= 4 is 5.91 Å². The molecule has 1 aromatic carbocycles. The lowest BCUT2D eigenvalue weighted by Crippen LogP contribution is -2.51. The maximum absolute atomic E-state index is 11.2. The Hall–Kier alpha value is -1.39. The van der Waals surface area contributed by atoms with E-state index in [4.69, 9.17) is 10.5 Å². The Kier molecular flexibility index (Phi) is 4.45. The molecule has 2 N–H and O–H groups in total. The van der Waals surface area contributed by atoms with Gasteiger partial charge in [-0.3, -0.25) is 9.69 Å². The van der Waals surface area contributed by atoms with E-state index < -0.39 is 0 Å². The Balaban J connectivity index is 2.18. The van der Waals surface area contributed by atoms with E-state index in [1.54, 1.807) is 0 Å². The summed E-state index contributed by atoms with van der Waals surface area (Å²) >= 11 is 0. The molecule has 1 fully saturated rings. The third kappa shape index (κ3) is 3.81. The molecule has 0 aliphatic carbocycles. The van der Waals surface area contributed by atoms with Gasteiger partial charge in [0.15, 0.2) is 0 Å². The fourth-order valence-corrected chi connectivity index (χ4v) is 2.51. The first kappa shape index (κ1) is 15.0. The van der Waals surface area contributed by atoms with E-state index >= 15 is 0 Å². The van der Waals surface area contributed by atoms with Crippen molar-refractivity contribution in [3.8, 4) is 0 Å². The first-order chi connectivity index (χ1) is 9.36. The normalized spacial score (nSPS) is 24.6. The van der Waals surface area contributed by atoms with Gasteiger partial charge in [0.1, 0.15) is 0 Å². The number of hydrogen-bond donors (Lipinski definition) is 1. The predicted octanol–water partition coefficient (Wildman–Crippen LogP) is 1.96. The molecule has 0 radical (unpaired) electrons. The molecule has 4 nitrogen and oxygen atoms in total. The second-order valence-electron chi connectivity index (χ2n) is 6.55. The molecule has 4 heteroatoms. The minimum Gasteiger partial charge on any atom is -0.369 e. The molecule has 0 spiro atoms. The van der Waals surface area contributed by atoms with Crippen molar-refractivity contribution in [2.45, 2.75) is 33.0 Å². The quantitative estimate of drug-likeness (QED) is 0.918. The Morgan fingerprint density at radius 3 is 2.50 bits per heavy atom. The van der Waals surface area contributed by atoms with Crippen LogP contribution < -0.4 is 5.73 Å². The monoisotopic (exact) mass is 276 g/mol. The van der Waals surface area contributed by atoms with Gasteiger partial charge in [-0.05, 0) is 11.0 Å². The molecule has 1 amide bonds. The molecule has 1 aromatic rings. The lowest BCUT2D eigenvalue weighted by molar-refractivity contribution is -0.138. The van der Waals surface area contributed by atoms with Crippen molar-refractivity contribution in [3.05, 3.63) is 35.9 Å². The summed E-state index contributed by atoms with van der Waals surface area (Å²) in [4.78, 5) is 13.3. The highest BCUT2D eigenvalue weighted by molar-refractivity contribution is 5.75. The van der Waals surface area contributed by atoms with E-state index in [9.17, 15) is 4.79 Å². The van der Waals surface area contributed by atoms with Crippen LogP contribution in [0.15, 0.2) is 30.3 Å². The largest absolute Gasteiger partial charge is 0.369 e. The zero-order valence-electron chi connectivity index (χ0n) is 12.5. The van der Waals surface area contributed by atoms with Crippen LogP contribution >= 0.6 is 0 Å². The number of carbonyl (C=O) groups excluding carboxylic acids is 1. The van der Waals surface area contributed by atoms with Crippen LogP contribution in [0.1, 0.15) is 32.4 Å². The van der Waals surface area contributed by atoms with Gasteiger partial charge in [-0.1, -0.05) is 51.1 Å². The fraction of sp³-hybridized carbons (Fsp3) is 0.562. The Bertz CT molecular complexity index is 453. The third-order valence-corrected chi connectivity index (χ3v) is 3.69. The van der Waals surface area contributed by atoms with E-state index in [1.807, 2.05) is 18.2 Å². The van der Waals surface area contributed by atoms with Gasteiger partial charge in [-0.15, -0.1) is 0 Å². The summed E-state index contributed by atoms with van der Waals surface area (Å²) in [5.41, 5.74) is 6.52. The summed E-state index contributed by atoms with van der Waals surface area (Å²) in [5, 5.41) is 0. The first-order valence-corrected chi connectivity index (χ1v) is 7.07. The van der Waals surface area contributed by atoms with Gasteiger partial charge < -0.3 is 10.5 Å². The van der Waals surface area contributed by atoms with Gasteiger partial charge in [-0.25, -0.2) is 0 Å². The average molecular weight is 276 g/mol. The molecule has 1 aliphatic rings. The number of ether oxygens (including phenoxy) is 1. The SMILES string of the molecule is CC(C)(C)[C@H]1CN(CC(N)=O)C[C@@H](c2ccccc2)O1. The molecule has 2 atom stereocenters. The predicted molar refractivity (Wildman–Crippen MR) is 79.1 cm³/mol. The van der Waals surface area contributed by atoms with Crippen LogP contribution in [0, 0.1) is 5.41 Å². The van der Waals surface area contributed by atoms with Crippen LogP contribution in [-0.4, -0.2) is 36.5 Å². The summed E-state index contributed by atoms with van der Waals surface area (Å²) in [7, 11) is 0. The van der Waals surface area contributed by atoms with Gasteiger partial charge in [0.25, 0.3) is 0 Å². The molecule has 20 heavy (non-hydrogen) atoms. The number of benzene rings is 1. The Labute approximate surface area is 120 Å². The molecule has 0 bridgehead atoms. The Morgan fingerprint density at radius 2 is 1.95 bits per heavy atom. The molecule has 1 aliphatic heterocycles. The maximum Gasteiger partial charge on any atom is 0.231 e. The third-order valence-electron chi connectivity index (χ3n) is 3.69. The zero-order chi connectivity index (χ0) is 14.8. The van der Waals surface area contributed by atoms with Gasteiger partial charge in [0, 0.05) is 13.1 Å². The topological polar surface area (TPSA) is 55.6 Å². The second-order valence-corrected chi connectivity index (χ2v) is 6.55.